The van der Waals surface area contributed by atoms with Crippen molar-refractivity contribution in [3.8, 4) is 5.88 Å². The Morgan fingerprint density at radius 1 is 1.27 bits per heavy atom. The van der Waals surface area contributed by atoms with Gasteiger partial charge in [-0.05, 0) is 12.5 Å². The lowest BCUT2D eigenvalue weighted by atomic mass is 10.2. The number of hydrogen-bond donors (Lipinski definition) is 0. The number of benzene rings is 1. The number of carbonyl (C=O) groups is 1. The second-order valence-corrected chi connectivity index (χ2v) is 4.47. The maximum atomic E-state index is 11.8. The number of pyridine rings is 1. The summed E-state index contributed by atoms with van der Waals surface area (Å²) in [5, 5.41) is 10.5. The fourth-order valence-electron chi connectivity index (χ4n) is 1.63. The van der Waals surface area contributed by atoms with Crippen LogP contribution in [0, 0.1) is 10.1 Å². The number of carbonyl (C=O) groups excluding carboxylic acids is 1. The topological polar surface area (TPSA) is 91.6 Å². The lowest BCUT2D eigenvalue weighted by molar-refractivity contribution is -0.385. The van der Waals surface area contributed by atoms with Gasteiger partial charge in [-0.3, -0.25) is 10.1 Å². The van der Waals surface area contributed by atoms with Crippen LogP contribution in [0.1, 0.15) is 12.5 Å². The molecule has 1 aromatic heterocycles. The van der Waals surface area contributed by atoms with E-state index in [1.807, 2.05) is 30.3 Å². The van der Waals surface area contributed by atoms with Gasteiger partial charge in [0, 0.05) is 12.1 Å². The number of rotatable bonds is 6. The minimum absolute atomic E-state index is 0.120. The minimum atomic E-state index is -0.863. The van der Waals surface area contributed by atoms with Crippen molar-refractivity contribution in [2.45, 2.75) is 19.6 Å². The van der Waals surface area contributed by atoms with Gasteiger partial charge in [0.1, 0.15) is 12.8 Å². The maximum absolute atomic E-state index is 11.8. The molecule has 0 saturated carbocycles. The third-order valence-electron chi connectivity index (χ3n) is 2.78. The Hall–Kier alpha value is -2.96. The van der Waals surface area contributed by atoms with E-state index in [0.29, 0.717) is 0 Å². The summed E-state index contributed by atoms with van der Waals surface area (Å²) in [4.78, 5) is 25.5. The third kappa shape index (κ3) is 4.27. The zero-order valence-corrected chi connectivity index (χ0v) is 11.8. The first-order chi connectivity index (χ1) is 10.6. The summed E-state index contributed by atoms with van der Waals surface area (Å²) in [5.41, 5.74) is 0.725. The molecule has 0 aliphatic carbocycles. The second-order valence-electron chi connectivity index (χ2n) is 4.47. The Bertz CT molecular complexity index is 643. The fourth-order valence-corrected chi connectivity index (χ4v) is 1.63. The van der Waals surface area contributed by atoms with Crippen molar-refractivity contribution in [1.29, 1.82) is 0 Å². The monoisotopic (exact) mass is 302 g/mol. The smallest absolute Gasteiger partial charge is 0.347 e. The predicted octanol–water partition coefficient (Wildman–Crippen LogP) is 2.50. The molecule has 1 unspecified atom stereocenters. The molecule has 2 aromatic rings. The molecule has 1 atom stereocenters. The summed E-state index contributed by atoms with van der Waals surface area (Å²) < 4.78 is 10.4. The van der Waals surface area contributed by atoms with Crippen LogP contribution in [-0.2, 0) is 16.1 Å². The summed E-state index contributed by atoms with van der Waals surface area (Å²) in [5.74, 6) is -0.418. The van der Waals surface area contributed by atoms with Crippen molar-refractivity contribution in [3.63, 3.8) is 0 Å². The van der Waals surface area contributed by atoms with E-state index >= 15 is 0 Å². The summed E-state index contributed by atoms with van der Waals surface area (Å²) in [6, 6.07) is 11.8. The zero-order chi connectivity index (χ0) is 15.9. The van der Waals surface area contributed by atoms with E-state index < -0.39 is 17.0 Å². The fraction of sp³-hybridized carbons (Fsp3) is 0.200. The van der Waals surface area contributed by atoms with Crippen molar-refractivity contribution in [1.82, 2.24) is 4.98 Å². The van der Waals surface area contributed by atoms with Gasteiger partial charge in [-0.25, -0.2) is 9.78 Å². The summed E-state index contributed by atoms with van der Waals surface area (Å²) in [6.07, 6.45) is 0.204. The highest BCUT2D eigenvalue weighted by Crippen LogP contribution is 2.15. The second kappa shape index (κ2) is 7.16. The molecule has 114 valence electrons. The highest BCUT2D eigenvalue weighted by Gasteiger charge is 2.17. The Morgan fingerprint density at radius 2 is 2.00 bits per heavy atom. The quantitative estimate of drug-likeness (QED) is 0.462. The predicted molar refractivity (Wildman–Crippen MR) is 77.2 cm³/mol. The first-order valence-corrected chi connectivity index (χ1v) is 6.54. The van der Waals surface area contributed by atoms with Gasteiger partial charge in [0.05, 0.1) is 4.92 Å². The van der Waals surface area contributed by atoms with Crippen molar-refractivity contribution < 1.29 is 19.2 Å². The number of nitro groups is 1. The maximum Gasteiger partial charge on any atom is 0.347 e. The van der Waals surface area contributed by atoms with E-state index in [0.717, 1.165) is 11.8 Å². The van der Waals surface area contributed by atoms with Crippen LogP contribution in [0.25, 0.3) is 0 Å². The van der Waals surface area contributed by atoms with Crippen LogP contribution in [0.15, 0.2) is 48.7 Å². The molecule has 0 bridgehead atoms. The molecule has 0 fully saturated rings. The van der Waals surface area contributed by atoms with Crippen LogP contribution in [0.5, 0.6) is 5.88 Å². The average Bonchev–Trinajstić information content (AvgIpc) is 2.54. The van der Waals surface area contributed by atoms with Crippen molar-refractivity contribution >= 4 is 11.7 Å². The van der Waals surface area contributed by atoms with Gasteiger partial charge in [-0.1, -0.05) is 30.3 Å². The van der Waals surface area contributed by atoms with Crippen LogP contribution in [0.3, 0.4) is 0 Å². The summed E-state index contributed by atoms with van der Waals surface area (Å²) in [6.45, 7) is 1.68. The van der Waals surface area contributed by atoms with E-state index in [9.17, 15) is 14.9 Å². The minimum Gasteiger partial charge on any atom is -0.463 e. The molecular weight excluding hydrogens is 288 g/mol. The first-order valence-electron chi connectivity index (χ1n) is 6.54. The van der Waals surface area contributed by atoms with Gasteiger partial charge in [-0.2, -0.15) is 0 Å². The van der Waals surface area contributed by atoms with E-state index in [1.165, 1.54) is 19.1 Å². The Balaban J connectivity index is 1.86. The van der Waals surface area contributed by atoms with E-state index in [4.69, 9.17) is 9.47 Å². The molecular formula is C15H14N2O5. The van der Waals surface area contributed by atoms with Crippen LogP contribution >= 0.6 is 0 Å². The molecule has 0 amide bonds. The molecule has 2 rings (SSSR count). The Kier molecular flexibility index (Phi) is 5.02. The van der Waals surface area contributed by atoms with Gasteiger partial charge >= 0.3 is 5.97 Å². The van der Waals surface area contributed by atoms with Gasteiger partial charge in [0.15, 0.2) is 6.10 Å². The van der Waals surface area contributed by atoms with Crippen molar-refractivity contribution in [2.24, 2.45) is 0 Å². The average molecular weight is 302 g/mol. The zero-order valence-electron chi connectivity index (χ0n) is 11.8. The van der Waals surface area contributed by atoms with Crippen LogP contribution in [-0.4, -0.2) is 22.0 Å². The van der Waals surface area contributed by atoms with E-state index in [-0.39, 0.29) is 18.2 Å². The number of nitrogens with zero attached hydrogens (tertiary/aromatic N) is 2. The first kappa shape index (κ1) is 15.4. The molecule has 22 heavy (non-hydrogen) atoms. The molecule has 1 aromatic carbocycles. The molecule has 0 aliphatic rings. The van der Waals surface area contributed by atoms with Gasteiger partial charge in [0.2, 0.25) is 5.88 Å². The number of ether oxygens (including phenoxy) is 2. The molecule has 7 nitrogen and oxygen atoms in total. The molecule has 0 radical (unpaired) electrons. The van der Waals surface area contributed by atoms with Crippen molar-refractivity contribution in [3.05, 3.63) is 64.3 Å². The van der Waals surface area contributed by atoms with Gasteiger partial charge in [0.25, 0.3) is 5.69 Å². The lowest BCUT2D eigenvalue weighted by Crippen LogP contribution is -2.26. The largest absolute Gasteiger partial charge is 0.463 e. The van der Waals surface area contributed by atoms with Crippen LogP contribution in [0.2, 0.25) is 0 Å². The molecule has 0 N–H and O–H groups in total. The number of aromatic nitrogens is 1. The molecule has 0 saturated heterocycles. The number of hydrogen-bond acceptors (Lipinski definition) is 6. The number of esters is 1. The van der Waals surface area contributed by atoms with Crippen LogP contribution in [0.4, 0.5) is 5.69 Å². The Labute approximate surface area is 126 Å². The standard InChI is InChI=1S/C15H14N2O5/c1-11(15(18)21-10-12-5-3-2-4-6-12)22-14-8-7-13(9-16-14)17(19)20/h2-9,11H,10H2,1H3. The lowest BCUT2D eigenvalue weighted by Gasteiger charge is -2.13. The highest BCUT2D eigenvalue weighted by atomic mass is 16.6. The van der Waals surface area contributed by atoms with Crippen LogP contribution < -0.4 is 4.74 Å². The Morgan fingerprint density at radius 3 is 2.59 bits per heavy atom. The van der Waals surface area contributed by atoms with E-state index in [1.54, 1.807) is 0 Å². The molecule has 0 aliphatic heterocycles. The summed E-state index contributed by atoms with van der Waals surface area (Å²) >= 11 is 0. The summed E-state index contributed by atoms with van der Waals surface area (Å²) in [7, 11) is 0. The normalized spacial score (nSPS) is 11.5. The third-order valence-corrected chi connectivity index (χ3v) is 2.78. The SMILES string of the molecule is CC(Oc1ccc([N+](=O)[O-])cn1)C(=O)OCc1ccccc1. The molecule has 7 heteroatoms. The van der Waals surface area contributed by atoms with Gasteiger partial charge < -0.3 is 9.47 Å². The molecule has 0 spiro atoms. The molecule has 1 heterocycles. The van der Waals surface area contributed by atoms with E-state index in [2.05, 4.69) is 4.98 Å². The van der Waals surface area contributed by atoms with Gasteiger partial charge in [-0.15, -0.1) is 0 Å². The van der Waals surface area contributed by atoms with Crippen molar-refractivity contribution in [2.75, 3.05) is 0 Å². The highest BCUT2D eigenvalue weighted by molar-refractivity contribution is 5.74.